The number of hydrogen-bond acceptors (Lipinski definition) is 4. The van der Waals surface area contributed by atoms with Gasteiger partial charge >= 0.3 is 0 Å². The molecule has 0 aromatic heterocycles. The molecule has 3 rings (SSSR count). The first-order valence-electron chi connectivity index (χ1n) is 7.24. The molecule has 3 N–H and O–H groups in total. The summed E-state index contributed by atoms with van der Waals surface area (Å²) in [5, 5.41) is 31.0. The summed E-state index contributed by atoms with van der Waals surface area (Å²) in [6.45, 7) is 1.80. The second-order valence-electron chi connectivity index (χ2n) is 5.26. The van der Waals surface area contributed by atoms with Crippen LogP contribution in [0.15, 0.2) is 66.7 Å². The van der Waals surface area contributed by atoms with Gasteiger partial charge in [-0.3, -0.25) is 4.90 Å². The van der Waals surface area contributed by atoms with Gasteiger partial charge in [0, 0.05) is 0 Å². The summed E-state index contributed by atoms with van der Waals surface area (Å²) in [4.78, 5) is 1.63. The number of anilines is 3. The van der Waals surface area contributed by atoms with Crippen LogP contribution in [0.25, 0.3) is 0 Å². The lowest BCUT2D eigenvalue weighted by Crippen LogP contribution is -2.10. The highest BCUT2D eigenvalue weighted by molar-refractivity contribution is 5.85. The van der Waals surface area contributed by atoms with E-state index < -0.39 is 0 Å². The first-order chi connectivity index (χ1) is 11.1. The Morgan fingerprint density at radius 1 is 0.609 bits per heavy atom. The molecule has 0 spiro atoms. The number of aromatic hydroxyl groups is 3. The zero-order valence-corrected chi connectivity index (χ0v) is 12.6. The number of nitrogens with zero attached hydrogens (tertiary/aromatic N) is 1. The number of rotatable bonds is 3. The van der Waals surface area contributed by atoms with Crippen LogP contribution in [0.5, 0.6) is 17.2 Å². The highest BCUT2D eigenvalue weighted by atomic mass is 16.3. The molecule has 0 unspecified atom stereocenters. The Morgan fingerprint density at radius 2 is 1.09 bits per heavy atom. The van der Waals surface area contributed by atoms with Crippen molar-refractivity contribution < 1.29 is 15.3 Å². The van der Waals surface area contributed by atoms with Crippen LogP contribution in [-0.4, -0.2) is 15.3 Å². The Hall–Kier alpha value is -3.14. The van der Waals surface area contributed by atoms with Crippen molar-refractivity contribution in [3.8, 4) is 17.2 Å². The molecule has 0 fully saturated rings. The lowest BCUT2D eigenvalue weighted by atomic mass is 10.1. The molecule has 4 nitrogen and oxygen atoms in total. The first kappa shape index (κ1) is 14.8. The molecular formula is C19H17NO3. The van der Waals surface area contributed by atoms with Crippen molar-refractivity contribution in [2.45, 2.75) is 6.92 Å². The van der Waals surface area contributed by atoms with E-state index >= 15 is 0 Å². The standard InChI is InChI=1S/C19H17NO3/c1-13-7-6-10-16(19(13)23)20(14-8-2-4-11-17(14)21)15-9-3-5-12-18(15)22/h2-12,21-23H,1H3. The van der Waals surface area contributed by atoms with E-state index in [9.17, 15) is 15.3 Å². The molecule has 0 bridgehead atoms. The van der Waals surface area contributed by atoms with Crippen molar-refractivity contribution in [3.63, 3.8) is 0 Å². The van der Waals surface area contributed by atoms with Crippen LogP contribution in [0.4, 0.5) is 17.1 Å². The summed E-state index contributed by atoms with van der Waals surface area (Å²) in [5.74, 6) is 0.201. The largest absolute Gasteiger partial charge is 0.506 e. The molecule has 0 radical (unpaired) electrons. The smallest absolute Gasteiger partial charge is 0.142 e. The number of hydrogen-bond donors (Lipinski definition) is 3. The molecule has 0 aliphatic rings. The Morgan fingerprint density at radius 3 is 1.61 bits per heavy atom. The van der Waals surface area contributed by atoms with E-state index in [1.807, 2.05) is 6.07 Å². The van der Waals surface area contributed by atoms with E-state index in [2.05, 4.69) is 0 Å². The molecule has 0 aliphatic carbocycles. The Kier molecular flexibility index (Phi) is 3.81. The number of aryl methyl sites for hydroxylation is 1. The molecule has 0 saturated heterocycles. The average Bonchev–Trinajstić information content (AvgIpc) is 2.55. The van der Waals surface area contributed by atoms with Gasteiger partial charge in [-0.15, -0.1) is 0 Å². The molecule has 0 amide bonds. The highest BCUT2D eigenvalue weighted by Gasteiger charge is 2.21. The van der Waals surface area contributed by atoms with Gasteiger partial charge in [0.2, 0.25) is 0 Å². The lowest BCUT2D eigenvalue weighted by Gasteiger charge is -2.27. The molecule has 3 aromatic carbocycles. The molecular weight excluding hydrogens is 290 g/mol. The van der Waals surface area contributed by atoms with E-state index in [-0.39, 0.29) is 17.2 Å². The molecule has 0 saturated carbocycles. The topological polar surface area (TPSA) is 63.9 Å². The SMILES string of the molecule is Cc1cccc(N(c2ccccc2O)c2ccccc2O)c1O. The summed E-state index contributed by atoms with van der Waals surface area (Å²) in [6, 6.07) is 18.9. The number of phenolic OH excluding ortho intramolecular Hbond substituents is 3. The molecule has 116 valence electrons. The van der Waals surface area contributed by atoms with E-state index in [1.165, 1.54) is 0 Å². The van der Waals surface area contributed by atoms with E-state index in [0.29, 0.717) is 22.6 Å². The van der Waals surface area contributed by atoms with Crippen molar-refractivity contribution >= 4 is 17.1 Å². The molecule has 4 heteroatoms. The van der Waals surface area contributed by atoms with Gasteiger partial charge in [-0.2, -0.15) is 0 Å². The van der Waals surface area contributed by atoms with Crippen LogP contribution in [0.1, 0.15) is 5.56 Å². The average molecular weight is 307 g/mol. The van der Waals surface area contributed by atoms with Gasteiger partial charge in [-0.1, -0.05) is 36.4 Å². The molecule has 0 atom stereocenters. The predicted molar refractivity (Wildman–Crippen MR) is 90.9 cm³/mol. The molecule has 0 heterocycles. The maximum Gasteiger partial charge on any atom is 0.142 e. The van der Waals surface area contributed by atoms with Crippen molar-refractivity contribution in [2.75, 3.05) is 4.90 Å². The zero-order valence-electron chi connectivity index (χ0n) is 12.6. The van der Waals surface area contributed by atoms with Crippen LogP contribution < -0.4 is 4.90 Å². The fourth-order valence-corrected chi connectivity index (χ4v) is 2.52. The van der Waals surface area contributed by atoms with Gasteiger partial charge in [-0.05, 0) is 42.8 Å². The van der Waals surface area contributed by atoms with Gasteiger partial charge in [0.1, 0.15) is 17.2 Å². The second-order valence-corrected chi connectivity index (χ2v) is 5.26. The number of benzene rings is 3. The zero-order chi connectivity index (χ0) is 16.4. The van der Waals surface area contributed by atoms with Crippen molar-refractivity contribution in [1.29, 1.82) is 0 Å². The Bertz CT molecular complexity index is 800. The highest BCUT2D eigenvalue weighted by Crippen LogP contribution is 2.46. The quantitative estimate of drug-likeness (QED) is 0.662. The minimum atomic E-state index is 0.0525. The Balaban J connectivity index is 2.29. The van der Waals surface area contributed by atoms with Crippen LogP contribution in [0, 0.1) is 6.92 Å². The van der Waals surface area contributed by atoms with Crippen molar-refractivity contribution in [2.24, 2.45) is 0 Å². The maximum absolute atomic E-state index is 10.5. The molecule has 0 aliphatic heterocycles. The third kappa shape index (κ3) is 2.66. The van der Waals surface area contributed by atoms with Crippen LogP contribution in [0.3, 0.4) is 0 Å². The van der Waals surface area contributed by atoms with E-state index in [0.717, 1.165) is 0 Å². The second kappa shape index (κ2) is 5.93. The fraction of sp³-hybridized carbons (Fsp3) is 0.0526. The summed E-state index contributed by atoms with van der Waals surface area (Å²) < 4.78 is 0. The summed E-state index contributed by atoms with van der Waals surface area (Å²) >= 11 is 0. The minimum Gasteiger partial charge on any atom is -0.506 e. The maximum atomic E-state index is 10.5. The van der Waals surface area contributed by atoms with Crippen molar-refractivity contribution in [1.82, 2.24) is 0 Å². The first-order valence-corrected chi connectivity index (χ1v) is 7.24. The third-order valence-corrected chi connectivity index (χ3v) is 3.70. The molecule has 23 heavy (non-hydrogen) atoms. The number of para-hydroxylation sites is 5. The van der Waals surface area contributed by atoms with E-state index in [4.69, 9.17) is 0 Å². The third-order valence-electron chi connectivity index (χ3n) is 3.70. The lowest BCUT2D eigenvalue weighted by molar-refractivity contribution is 0.467. The van der Waals surface area contributed by atoms with E-state index in [1.54, 1.807) is 72.5 Å². The predicted octanol–water partition coefficient (Wildman–Crippen LogP) is 4.58. The Labute approximate surface area is 134 Å². The fourth-order valence-electron chi connectivity index (χ4n) is 2.52. The monoisotopic (exact) mass is 307 g/mol. The molecule has 3 aromatic rings. The van der Waals surface area contributed by atoms with Crippen LogP contribution in [0.2, 0.25) is 0 Å². The van der Waals surface area contributed by atoms with Crippen LogP contribution >= 0.6 is 0 Å². The minimum absolute atomic E-state index is 0.0525. The van der Waals surface area contributed by atoms with Crippen molar-refractivity contribution in [3.05, 3.63) is 72.3 Å². The number of phenols is 3. The van der Waals surface area contributed by atoms with Crippen LogP contribution in [-0.2, 0) is 0 Å². The summed E-state index contributed by atoms with van der Waals surface area (Å²) in [5.41, 5.74) is 2.12. The normalized spacial score (nSPS) is 10.5. The van der Waals surface area contributed by atoms with Gasteiger partial charge in [0.05, 0.1) is 17.1 Å². The van der Waals surface area contributed by atoms with Gasteiger partial charge in [-0.25, -0.2) is 0 Å². The van der Waals surface area contributed by atoms with Gasteiger partial charge < -0.3 is 15.3 Å². The summed E-state index contributed by atoms with van der Waals surface area (Å²) in [7, 11) is 0. The van der Waals surface area contributed by atoms with Gasteiger partial charge in [0.25, 0.3) is 0 Å². The summed E-state index contributed by atoms with van der Waals surface area (Å²) in [6.07, 6.45) is 0. The van der Waals surface area contributed by atoms with Gasteiger partial charge in [0.15, 0.2) is 0 Å².